The standard InChI is InChI=1S/C8H5Br2NOS/c1-12-5-3-2-4(9)7-6(5)11-8(10)13-7/h2-3H,1H3. The summed E-state index contributed by atoms with van der Waals surface area (Å²) in [7, 11) is 1.65. The van der Waals surface area contributed by atoms with Crippen LogP contribution in [0.4, 0.5) is 0 Å². The molecule has 0 aliphatic heterocycles. The highest BCUT2D eigenvalue weighted by atomic mass is 79.9. The van der Waals surface area contributed by atoms with E-state index in [9.17, 15) is 0 Å². The van der Waals surface area contributed by atoms with Crippen molar-refractivity contribution in [2.45, 2.75) is 0 Å². The van der Waals surface area contributed by atoms with Gasteiger partial charge in [-0.3, -0.25) is 0 Å². The molecule has 0 unspecified atom stereocenters. The number of halogens is 2. The lowest BCUT2D eigenvalue weighted by Crippen LogP contribution is -1.83. The minimum atomic E-state index is 0.806. The van der Waals surface area contributed by atoms with Crippen LogP contribution < -0.4 is 4.74 Å². The summed E-state index contributed by atoms with van der Waals surface area (Å²) in [5.41, 5.74) is 0.897. The Balaban J connectivity index is 2.83. The highest BCUT2D eigenvalue weighted by molar-refractivity contribution is 9.11. The number of nitrogens with zero attached hydrogens (tertiary/aromatic N) is 1. The number of methoxy groups -OCH3 is 1. The molecule has 68 valence electrons. The number of rotatable bonds is 1. The molecule has 1 aromatic heterocycles. The van der Waals surface area contributed by atoms with Gasteiger partial charge in [0.05, 0.1) is 11.8 Å². The minimum absolute atomic E-state index is 0.806. The van der Waals surface area contributed by atoms with Crippen molar-refractivity contribution < 1.29 is 4.74 Å². The summed E-state index contributed by atoms with van der Waals surface area (Å²) in [6, 6.07) is 3.87. The van der Waals surface area contributed by atoms with E-state index < -0.39 is 0 Å². The summed E-state index contributed by atoms with van der Waals surface area (Å²) in [6.07, 6.45) is 0. The molecule has 1 heterocycles. The molecular weight excluding hydrogens is 318 g/mol. The van der Waals surface area contributed by atoms with Crippen LogP contribution in [0.1, 0.15) is 0 Å². The monoisotopic (exact) mass is 321 g/mol. The van der Waals surface area contributed by atoms with Crippen LogP contribution in [0.5, 0.6) is 5.75 Å². The fraction of sp³-hybridized carbons (Fsp3) is 0.125. The van der Waals surface area contributed by atoms with Gasteiger partial charge < -0.3 is 4.74 Å². The van der Waals surface area contributed by atoms with Crippen molar-refractivity contribution in [3.05, 3.63) is 20.5 Å². The SMILES string of the molecule is COc1ccc(Br)c2sc(Br)nc12. The normalized spacial score (nSPS) is 10.7. The first kappa shape index (κ1) is 9.43. The lowest BCUT2D eigenvalue weighted by molar-refractivity contribution is 0.419. The van der Waals surface area contributed by atoms with Crippen LogP contribution >= 0.6 is 43.2 Å². The van der Waals surface area contributed by atoms with Crippen molar-refractivity contribution in [1.82, 2.24) is 4.98 Å². The summed E-state index contributed by atoms with van der Waals surface area (Å²) >= 11 is 8.41. The minimum Gasteiger partial charge on any atom is -0.494 e. The maximum absolute atomic E-state index is 5.20. The predicted molar refractivity (Wildman–Crippen MR) is 61.6 cm³/mol. The van der Waals surface area contributed by atoms with Gasteiger partial charge in [0.15, 0.2) is 3.92 Å². The molecule has 2 aromatic rings. The van der Waals surface area contributed by atoms with E-state index in [1.807, 2.05) is 12.1 Å². The zero-order valence-corrected chi connectivity index (χ0v) is 10.7. The second kappa shape index (κ2) is 3.55. The van der Waals surface area contributed by atoms with Crippen LogP contribution in [-0.2, 0) is 0 Å². The summed E-state index contributed by atoms with van der Waals surface area (Å²) < 4.78 is 8.22. The average Bonchev–Trinajstić information content (AvgIpc) is 2.48. The van der Waals surface area contributed by atoms with Gasteiger partial charge in [-0.05, 0) is 44.0 Å². The van der Waals surface area contributed by atoms with Gasteiger partial charge in [0.2, 0.25) is 0 Å². The fourth-order valence-electron chi connectivity index (χ4n) is 1.09. The van der Waals surface area contributed by atoms with Gasteiger partial charge in [0.25, 0.3) is 0 Å². The number of thiazole rings is 1. The molecule has 0 fully saturated rings. The van der Waals surface area contributed by atoms with Gasteiger partial charge in [-0.15, -0.1) is 11.3 Å². The van der Waals surface area contributed by atoms with Gasteiger partial charge in [0.1, 0.15) is 11.3 Å². The first-order valence-electron chi connectivity index (χ1n) is 3.51. The molecule has 5 heteroatoms. The van der Waals surface area contributed by atoms with E-state index in [1.165, 1.54) is 0 Å². The van der Waals surface area contributed by atoms with Crippen molar-refractivity contribution in [1.29, 1.82) is 0 Å². The van der Waals surface area contributed by atoms with Gasteiger partial charge in [-0.1, -0.05) is 0 Å². The topological polar surface area (TPSA) is 22.1 Å². The molecule has 0 radical (unpaired) electrons. The summed E-state index contributed by atoms with van der Waals surface area (Å²) in [6.45, 7) is 0. The lowest BCUT2D eigenvalue weighted by atomic mass is 10.3. The third-order valence-electron chi connectivity index (χ3n) is 1.65. The van der Waals surface area contributed by atoms with E-state index in [0.29, 0.717) is 0 Å². The third-order valence-corrected chi connectivity index (χ3v) is 4.12. The average molecular weight is 323 g/mol. The Morgan fingerprint density at radius 1 is 1.38 bits per heavy atom. The van der Waals surface area contributed by atoms with E-state index in [4.69, 9.17) is 4.74 Å². The molecule has 0 bridgehead atoms. The Kier molecular flexibility index (Phi) is 2.58. The molecule has 0 saturated carbocycles. The van der Waals surface area contributed by atoms with Crippen molar-refractivity contribution in [2.24, 2.45) is 0 Å². The Bertz CT molecular complexity index is 455. The molecule has 1 aromatic carbocycles. The van der Waals surface area contributed by atoms with Crippen LogP contribution in [0.25, 0.3) is 10.2 Å². The summed E-state index contributed by atoms with van der Waals surface area (Å²) in [4.78, 5) is 4.32. The smallest absolute Gasteiger partial charge is 0.160 e. The molecule has 13 heavy (non-hydrogen) atoms. The number of ether oxygens (including phenoxy) is 1. The second-order valence-corrected chi connectivity index (χ2v) is 5.52. The molecular formula is C8H5Br2NOS. The van der Waals surface area contributed by atoms with Crippen LogP contribution in [0, 0.1) is 0 Å². The van der Waals surface area contributed by atoms with E-state index in [-0.39, 0.29) is 0 Å². The number of fused-ring (bicyclic) bond motifs is 1. The molecule has 0 amide bonds. The number of hydrogen-bond donors (Lipinski definition) is 0. The van der Waals surface area contributed by atoms with E-state index >= 15 is 0 Å². The summed E-state index contributed by atoms with van der Waals surface area (Å²) in [5.74, 6) is 0.806. The van der Waals surface area contributed by atoms with E-state index in [1.54, 1.807) is 18.4 Å². The Labute approximate surface area is 96.2 Å². The van der Waals surface area contributed by atoms with Crippen LogP contribution in [-0.4, -0.2) is 12.1 Å². The zero-order valence-electron chi connectivity index (χ0n) is 6.67. The molecule has 0 aliphatic rings. The number of benzene rings is 1. The zero-order chi connectivity index (χ0) is 9.42. The Morgan fingerprint density at radius 3 is 2.85 bits per heavy atom. The largest absolute Gasteiger partial charge is 0.494 e. The molecule has 0 aliphatic carbocycles. The van der Waals surface area contributed by atoms with Crippen LogP contribution in [0.2, 0.25) is 0 Å². The van der Waals surface area contributed by atoms with Crippen molar-refractivity contribution in [3.63, 3.8) is 0 Å². The first-order valence-corrected chi connectivity index (χ1v) is 5.91. The molecule has 2 rings (SSSR count). The lowest BCUT2D eigenvalue weighted by Gasteiger charge is -2.00. The van der Waals surface area contributed by atoms with Crippen molar-refractivity contribution in [2.75, 3.05) is 7.11 Å². The number of hydrogen-bond acceptors (Lipinski definition) is 3. The fourth-order valence-corrected chi connectivity index (χ4v) is 3.03. The van der Waals surface area contributed by atoms with Crippen LogP contribution in [0.15, 0.2) is 20.5 Å². The van der Waals surface area contributed by atoms with Gasteiger partial charge in [0, 0.05) is 4.47 Å². The Morgan fingerprint density at radius 2 is 2.15 bits per heavy atom. The molecule has 0 saturated heterocycles. The molecule has 0 N–H and O–H groups in total. The number of aromatic nitrogens is 1. The van der Waals surface area contributed by atoms with Gasteiger partial charge in [-0.2, -0.15) is 0 Å². The summed E-state index contributed by atoms with van der Waals surface area (Å²) in [5, 5.41) is 0. The van der Waals surface area contributed by atoms with Crippen molar-refractivity contribution in [3.8, 4) is 5.75 Å². The van der Waals surface area contributed by atoms with Crippen molar-refractivity contribution >= 4 is 53.4 Å². The van der Waals surface area contributed by atoms with Gasteiger partial charge in [-0.25, -0.2) is 4.98 Å². The predicted octanol–water partition coefficient (Wildman–Crippen LogP) is 3.83. The molecule has 2 nitrogen and oxygen atoms in total. The van der Waals surface area contributed by atoms with E-state index in [2.05, 4.69) is 36.8 Å². The highest BCUT2D eigenvalue weighted by Crippen LogP contribution is 2.37. The van der Waals surface area contributed by atoms with Gasteiger partial charge >= 0.3 is 0 Å². The quantitative estimate of drug-likeness (QED) is 0.796. The van der Waals surface area contributed by atoms with Crippen LogP contribution in [0.3, 0.4) is 0 Å². The highest BCUT2D eigenvalue weighted by Gasteiger charge is 2.09. The third kappa shape index (κ3) is 1.60. The van der Waals surface area contributed by atoms with E-state index in [0.717, 1.165) is 24.4 Å². The second-order valence-electron chi connectivity index (χ2n) is 2.39. The Hall–Kier alpha value is -0.130. The molecule has 0 atom stereocenters. The molecule has 0 spiro atoms. The maximum atomic E-state index is 5.20. The maximum Gasteiger partial charge on any atom is 0.160 e. The first-order chi connectivity index (χ1) is 6.22.